The molecule has 17 heavy (non-hydrogen) atoms. The Bertz CT molecular complexity index is 468. The molecular weight excluding hydrogens is 377 g/mol. The summed E-state index contributed by atoms with van der Waals surface area (Å²) in [6, 6.07) is -0.152. The predicted molar refractivity (Wildman–Crippen MR) is 72.8 cm³/mol. The lowest BCUT2D eigenvalue weighted by atomic mass is 9.92. The molecular formula is C9H12INO4S2. The van der Waals surface area contributed by atoms with Crippen LogP contribution in [0.1, 0.15) is 6.42 Å². The third-order valence-corrected chi connectivity index (χ3v) is 8.61. The van der Waals surface area contributed by atoms with Crippen LogP contribution in [0.4, 0.5) is 0 Å². The van der Waals surface area contributed by atoms with E-state index in [0.717, 1.165) is 0 Å². The van der Waals surface area contributed by atoms with Gasteiger partial charge in [0.1, 0.15) is 6.10 Å². The Kier molecular flexibility index (Phi) is 2.92. The second-order valence-corrected chi connectivity index (χ2v) is 8.95. The highest BCUT2D eigenvalue weighted by Crippen LogP contribution is 2.56. The van der Waals surface area contributed by atoms with Gasteiger partial charge in [-0.1, -0.05) is 22.6 Å². The predicted octanol–water partition coefficient (Wildman–Crippen LogP) is 0.233. The molecule has 3 heterocycles. The maximum absolute atomic E-state index is 12.1. The van der Waals surface area contributed by atoms with E-state index < -0.39 is 10.0 Å². The molecule has 8 heteroatoms. The van der Waals surface area contributed by atoms with Crippen molar-refractivity contribution >= 4 is 50.3 Å². The van der Waals surface area contributed by atoms with Gasteiger partial charge in [0.25, 0.3) is 0 Å². The van der Waals surface area contributed by atoms with Gasteiger partial charge in [-0.15, -0.1) is 11.8 Å². The molecule has 3 rings (SSSR count). The lowest BCUT2D eigenvalue weighted by Gasteiger charge is -2.26. The van der Waals surface area contributed by atoms with Gasteiger partial charge in [-0.2, -0.15) is 4.31 Å². The zero-order valence-electron chi connectivity index (χ0n) is 9.08. The molecule has 3 fully saturated rings. The number of thioether (sulfide) groups is 1. The van der Waals surface area contributed by atoms with Gasteiger partial charge in [0, 0.05) is 17.5 Å². The van der Waals surface area contributed by atoms with Crippen molar-refractivity contribution in [1.82, 2.24) is 4.31 Å². The SMILES string of the molecule is CN1C2C(OC(=O)CI)C3CC(C2S3)S1(=O)=O. The van der Waals surface area contributed by atoms with Gasteiger partial charge in [0.05, 0.1) is 15.7 Å². The normalized spacial score (nSPS) is 46.4. The lowest BCUT2D eigenvalue weighted by Crippen LogP contribution is -2.45. The van der Waals surface area contributed by atoms with Crippen LogP contribution in [0.5, 0.6) is 0 Å². The topological polar surface area (TPSA) is 63.7 Å². The first-order valence-electron chi connectivity index (χ1n) is 5.34. The number of alkyl halides is 1. The van der Waals surface area contributed by atoms with Gasteiger partial charge < -0.3 is 4.74 Å². The standard InChI is InChI=1S/C9H12INO4S2/c1-11-7-8(15-6(12)3-10)4-2-5(9(7)16-4)17(11,13)14/h4-5,7-9H,2-3H2,1H3. The minimum absolute atomic E-state index is 0.0852. The Hall–Kier alpha value is 0.460. The number of hydrogen-bond acceptors (Lipinski definition) is 5. The van der Waals surface area contributed by atoms with Crippen LogP contribution in [0.3, 0.4) is 0 Å². The van der Waals surface area contributed by atoms with E-state index in [0.29, 0.717) is 10.8 Å². The van der Waals surface area contributed by atoms with Crippen molar-refractivity contribution < 1.29 is 17.9 Å². The van der Waals surface area contributed by atoms with Crippen LogP contribution >= 0.6 is 34.4 Å². The first-order chi connectivity index (χ1) is 7.96. The Balaban J connectivity index is 1.90. The first kappa shape index (κ1) is 12.5. The number of likely N-dealkylation sites (N-methyl/N-ethyl adjacent to an activating group) is 1. The first-order valence-corrected chi connectivity index (χ1v) is 9.31. The minimum Gasteiger partial charge on any atom is -0.459 e. The summed E-state index contributed by atoms with van der Waals surface area (Å²) in [7, 11) is -1.56. The molecule has 3 saturated heterocycles. The van der Waals surface area contributed by atoms with Crippen molar-refractivity contribution in [3.05, 3.63) is 0 Å². The Labute approximate surface area is 118 Å². The van der Waals surface area contributed by atoms with Crippen LogP contribution in [0, 0.1) is 0 Å². The van der Waals surface area contributed by atoms with Gasteiger partial charge in [-0.25, -0.2) is 8.42 Å². The van der Waals surface area contributed by atoms with Crippen LogP contribution in [-0.2, 0) is 19.6 Å². The molecule has 0 saturated carbocycles. The molecule has 3 aliphatic heterocycles. The highest BCUT2D eigenvalue weighted by atomic mass is 127. The summed E-state index contributed by atoms with van der Waals surface area (Å²) < 4.78 is 31.3. The molecule has 2 bridgehead atoms. The molecule has 96 valence electrons. The molecule has 0 aromatic rings. The summed E-state index contributed by atoms with van der Waals surface area (Å²) in [5.74, 6) is -0.252. The second-order valence-electron chi connectivity index (χ2n) is 4.55. The molecule has 5 unspecified atom stereocenters. The van der Waals surface area contributed by atoms with Crippen molar-refractivity contribution in [1.29, 1.82) is 0 Å². The number of sulfonamides is 1. The largest absolute Gasteiger partial charge is 0.459 e. The molecule has 0 aliphatic carbocycles. The van der Waals surface area contributed by atoms with E-state index in [1.165, 1.54) is 4.31 Å². The van der Waals surface area contributed by atoms with E-state index >= 15 is 0 Å². The molecule has 0 N–H and O–H groups in total. The molecule has 0 aromatic carbocycles. The summed E-state index contributed by atoms with van der Waals surface area (Å²) >= 11 is 3.64. The summed E-state index contributed by atoms with van der Waals surface area (Å²) in [4.78, 5) is 11.4. The van der Waals surface area contributed by atoms with Crippen LogP contribution in [-0.4, -0.2) is 58.1 Å². The van der Waals surface area contributed by atoms with Gasteiger partial charge >= 0.3 is 5.97 Å². The Morgan fingerprint density at radius 3 is 2.94 bits per heavy atom. The van der Waals surface area contributed by atoms with E-state index in [2.05, 4.69) is 0 Å². The number of rotatable bonds is 2. The summed E-state index contributed by atoms with van der Waals surface area (Å²) in [6.07, 6.45) is 0.364. The Morgan fingerprint density at radius 2 is 2.29 bits per heavy atom. The van der Waals surface area contributed by atoms with Crippen molar-refractivity contribution in [3.8, 4) is 0 Å². The average molecular weight is 389 g/mol. The van der Waals surface area contributed by atoms with Crippen LogP contribution in [0.2, 0.25) is 0 Å². The fraction of sp³-hybridized carbons (Fsp3) is 0.889. The van der Waals surface area contributed by atoms with Crippen molar-refractivity contribution in [2.24, 2.45) is 0 Å². The smallest absolute Gasteiger partial charge is 0.316 e. The number of carbonyl (C=O) groups excluding carboxylic acids is 1. The van der Waals surface area contributed by atoms with Gasteiger partial charge in [-0.05, 0) is 6.42 Å². The quantitative estimate of drug-likeness (QED) is 0.385. The van der Waals surface area contributed by atoms with E-state index in [9.17, 15) is 13.2 Å². The number of esters is 1. The van der Waals surface area contributed by atoms with E-state index in [-0.39, 0.29) is 33.9 Å². The monoisotopic (exact) mass is 389 g/mol. The lowest BCUT2D eigenvalue weighted by molar-refractivity contribution is -0.147. The number of halogens is 1. The number of hydrogen-bond donors (Lipinski definition) is 0. The molecule has 0 spiro atoms. The summed E-state index contributed by atoms with van der Waals surface area (Å²) in [5, 5.41) is -0.0225. The zero-order chi connectivity index (χ0) is 12.4. The molecule has 3 aliphatic rings. The number of carbonyl (C=O) groups is 1. The molecule has 5 nitrogen and oxygen atoms in total. The van der Waals surface area contributed by atoms with Crippen LogP contribution in [0.15, 0.2) is 0 Å². The fourth-order valence-corrected chi connectivity index (χ4v) is 7.88. The Morgan fingerprint density at radius 1 is 1.59 bits per heavy atom. The number of fused-ring (bicyclic) bond motifs is 1. The number of ether oxygens (including phenoxy) is 1. The van der Waals surface area contributed by atoms with Gasteiger partial charge in [0.15, 0.2) is 0 Å². The van der Waals surface area contributed by atoms with Crippen LogP contribution < -0.4 is 0 Å². The molecule has 0 amide bonds. The highest BCUT2D eigenvalue weighted by molar-refractivity contribution is 14.1. The van der Waals surface area contributed by atoms with Crippen LogP contribution in [0.25, 0.3) is 0 Å². The van der Waals surface area contributed by atoms with E-state index in [1.54, 1.807) is 18.8 Å². The van der Waals surface area contributed by atoms with E-state index in [4.69, 9.17) is 4.74 Å². The molecule has 0 radical (unpaired) electrons. The molecule has 0 aromatic heterocycles. The summed E-state index contributed by atoms with van der Waals surface area (Å²) in [5.41, 5.74) is 0. The van der Waals surface area contributed by atoms with Crippen molar-refractivity contribution in [2.75, 3.05) is 11.5 Å². The van der Waals surface area contributed by atoms with Gasteiger partial charge in [-0.3, -0.25) is 4.79 Å². The van der Waals surface area contributed by atoms with Crippen molar-refractivity contribution in [3.63, 3.8) is 0 Å². The third-order valence-electron chi connectivity index (χ3n) is 3.78. The zero-order valence-corrected chi connectivity index (χ0v) is 12.9. The third kappa shape index (κ3) is 1.59. The van der Waals surface area contributed by atoms with Crippen molar-refractivity contribution in [2.45, 2.75) is 34.3 Å². The number of nitrogens with zero attached hydrogens (tertiary/aromatic N) is 1. The van der Waals surface area contributed by atoms with E-state index in [1.807, 2.05) is 22.6 Å². The average Bonchev–Trinajstić information content (AvgIpc) is 2.88. The summed E-state index contributed by atoms with van der Waals surface area (Å²) in [6.45, 7) is 0. The fourth-order valence-electron chi connectivity index (χ4n) is 3.04. The maximum Gasteiger partial charge on any atom is 0.316 e. The van der Waals surface area contributed by atoms with Gasteiger partial charge in [0.2, 0.25) is 10.0 Å². The highest BCUT2D eigenvalue weighted by Gasteiger charge is 2.67. The second kappa shape index (κ2) is 3.97. The minimum atomic E-state index is -3.17. The maximum atomic E-state index is 12.1. The molecule has 5 atom stereocenters.